The standard InChI is InChI=1S/C14H8F4N2/c15-11-4-8(3-10(6-11)14(16,17)18)13-2-1-12(20)5-9(13)7-19/h1-6H,20H2. The van der Waals surface area contributed by atoms with Crippen LogP contribution in [0.25, 0.3) is 11.1 Å². The second-order valence-electron chi connectivity index (χ2n) is 4.14. The summed E-state index contributed by atoms with van der Waals surface area (Å²) < 4.78 is 51.3. The Bertz CT molecular complexity index is 699. The molecule has 0 spiro atoms. The van der Waals surface area contributed by atoms with Crippen molar-refractivity contribution in [3.05, 3.63) is 53.3 Å². The van der Waals surface area contributed by atoms with Gasteiger partial charge in [0.25, 0.3) is 0 Å². The predicted molar refractivity (Wildman–Crippen MR) is 66.0 cm³/mol. The summed E-state index contributed by atoms with van der Waals surface area (Å²) in [6, 6.07) is 8.14. The smallest absolute Gasteiger partial charge is 0.399 e. The van der Waals surface area contributed by atoms with Gasteiger partial charge in [0.15, 0.2) is 0 Å². The summed E-state index contributed by atoms with van der Waals surface area (Å²) >= 11 is 0. The van der Waals surface area contributed by atoms with Crippen LogP contribution >= 0.6 is 0 Å². The Hall–Kier alpha value is -2.55. The lowest BCUT2D eigenvalue weighted by Gasteiger charge is -2.11. The van der Waals surface area contributed by atoms with Crippen LogP contribution in [0.1, 0.15) is 11.1 Å². The van der Waals surface area contributed by atoms with Crippen molar-refractivity contribution < 1.29 is 17.6 Å². The first-order valence-electron chi connectivity index (χ1n) is 5.49. The third-order valence-corrected chi connectivity index (χ3v) is 2.70. The normalized spacial score (nSPS) is 11.2. The molecule has 0 aliphatic heterocycles. The quantitative estimate of drug-likeness (QED) is 0.634. The highest BCUT2D eigenvalue weighted by atomic mass is 19.4. The van der Waals surface area contributed by atoms with Gasteiger partial charge in [-0.15, -0.1) is 0 Å². The highest BCUT2D eigenvalue weighted by Gasteiger charge is 2.31. The number of nitrogens with two attached hydrogens (primary N) is 1. The van der Waals surface area contributed by atoms with E-state index in [0.29, 0.717) is 11.8 Å². The zero-order valence-corrected chi connectivity index (χ0v) is 10.0. The van der Waals surface area contributed by atoms with Crippen molar-refractivity contribution in [1.29, 1.82) is 5.26 Å². The van der Waals surface area contributed by atoms with Crippen LogP contribution in [-0.2, 0) is 6.18 Å². The van der Waals surface area contributed by atoms with Gasteiger partial charge >= 0.3 is 6.18 Å². The molecule has 0 amide bonds. The summed E-state index contributed by atoms with van der Waals surface area (Å²) in [4.78, 5) is 0. The zero-order valence-electron chi connectivity index (χ0n) is 10.0. The summed E-state index contributed by atoms with van der Waals surface area (Å²) in [5, 5.41) is 8.98. The van der Waals surface area contributed by atoms with Crippen molar-refractivity contribution in [2.45, 2.75) is 6.18 Å². The number of hydrogen-bond acceptors (Lipinski definition) is 2. The molecular weight excluding hydrogens is 272 g/mol. The van der Waals surface area contributed by atoms with Gasteiger partial charge in [-0.1, -0.05) is 6.07 Å². The molecule has 2 aromatic rings. The fraction of sp³-hybridized carbons (Fsp3) is 0.0714. The molecule has 0 aromatic heterocycles. The summed E-state index contributed by atoms with van der Waals surface area (Å²) in [5.41, 5.74) is 4.97. The largest absolute Gasteiger partial charge is 0.416 e. The lowest BCUT2D eigenvalue weighted by Crippen LogP contribution is -2.05. The minimum absolute atomic E-state index is 0.0196. The van der Waals surface area contributed by atoms with E-state index in [1.165, 1.54) is 18.2 Å². The average Bonchev–Trinajstić information content (AvgIpc) is 2.36. The van der Waals surface area contributed by atoms with E-state index in [9.17, 15) is 17.6 Å². The molecule has 0 aliphatic rings. The van der Waals surface area contributed by atoms with Crippen LogP contribution in [0, 0.1) is 17.1 Å². The second-order valence-corrected chi connectivity index (χ2v) is 4.14. The molecule has 2 rings (SSSR count). The van der Waals surface area contributed by atoms with Crippen molar-refractivity contribution in [3.8, 4) is 17.2 Å². The Morgan fingerprint density at radius 2 is 1.75 bits per heavy atom. The first-order chi connectivity index (χ1) is 9.31. The molecule has 0 unspecified atom stereocenters. The van der Waals surface area contributed by atoms with E-state index in [2.05, 4.69) is 0 Å². The molecule has 0 radical (unpaired) electrons. The molecule has 0 atom stereocenters. The van der Waals surface area contributed by atoms with Crippen LogP contribution in [-0.4, -0.2) is 0 Å². The lowest BCUT2D eigenvalue weighted by molar-refractivity contribution is -0.137. The van der Waals surface area contributed by atoms with Crippen molar-refractivity contribution >= 4 is 5.69 Å². The van der Waals surface area contributed by atoms with Gasteiger partial charge in [-0.05, 0) is 41.5 Å². The number of nitrogens with zero attached hydrogens (tertiary/aromatic N) is 1. The van der Waals surface area contributed by atoms with Crippen molar-refractivity contribution in [1.82, 2.24) is 0 Å². The van der Waals surface area contributed by atoms with Crippen LogP contribution in [0.2, 0.25) is 0 Å². The lowest BCUT2D eigenvalue weighted by atomic mass is 9.98. The molecule has 2 aromatic carbocycles. The maximum Gasteiger partial charge on any atom is 0.416 e. The zero-order chi connectivity index (χ0) is 14.9. The third-order valence-electron chi connectivity index (χ3n) is 2.70. The van der Waals surface area contributed by atoms with Crippen molar-refractivity contribution in [2.24, 2.45) is 0 Å². The number of rotatable bonds is 1. The molecular formula is C14H8F4N2. The predicted octanol–water partition coefficient (Wildman–Crippen LogP) is 3.97. The van der Waals surface area contributed by atoms with E-state index in [-0.39, 0.29) is 16.7 Å². The first-order valence-corrected chi connectivity index (χ1v) is 5.49. The minimum Gasteiger partial charge on any atom is -0.399 e. The Labute approximate surface area is 112 Å². The number of nitrogen functional groups attached to an aromatic ring is 1. The Morgan fingerprint density at radius 1 is 1.05 bits per heavy atom. The van der Waals surface area contributed by atoms with Gasteiger partial charge in [0.1, 0.15) is 5.82 Å². The molecule has 0 heterocycles. The number of anilines is 1. The van der Waals surface area contributed by atoms with Gasteiger partial charge in [-0.25, -0.2) is 4.39 Å². The van der Waals surface area contributed by atoms with Gasteiger partial charge in [-0.3, -0.25) is 0 Å². The molecule has 0 aliphatic carbocycles. The maximum atomic E-state index is 13.4. The van der Waals surface area contributed by atoms with Gasteiger partial charge in [0.2, 0.25) is 0 Å². The van der Waals surface area contributed by atoms with E-state index >= 15 is 0 Å². The number of benzene rings is 2. The fourth-order valence-corrected chi connectivity index (χ4v) is 1.81. The fourth-order valence-electron chi connectivity index (χ4n) is 1.81. The Balaban J connectivity index is 2.65. The van der Waals surface area contributed by atoms with Crippen LogP contribution < -0.4 is 5.73 Å². The van der Waals surface area contributed by atoms with Crippen LogP contribution in [0.3, 0.4) is 0 Å². The summed E-state index contributed by atoms with van der Waals surface area (Å²) in [6.07, 6.45) is -4.66. The monoisotopic (exact) mass is 280 g/mol. The van der Waals surface area contributed by atoms with E-state index in [0.717, 1.165) is 12.1 Å². The Morgan fingerprint density at radius 3 is 2.35 bits per heavy atom. The molecule has 2 N–H and O–H groups in total. The van der Waals surface area contributed by atoms with Crippen LogP contribution in [0.15, 0.2) is 36.4 Å². The minimum atomic E-state index is -4.66. The molecule has 2 nitrogen and oxygen atoms in total. The second kappa shape index (κ2) is 4.85. The van der Waals surface area contributed by atoms with Crippen molar-refractivity contribution in [2.75, 3.05) is 5.73 Å². The molecule has 0 bridgehead atoms. The molecule has 0 fully saturated rings. The van der Waals surface area contributed by atoms with Crippen molar-refractivity contribution in [3.63, 3.8) is 0 Å². The van der Waals surface area contributed by atoms with Gasteiger partial charge < -0.3 is 5.73 Å². The van der Waals surface area contributed by atoms with Gasteiger partial charge in [-0.2, -0.15) is 18.4 Å². The number of hydrogen-bond donors (Lipinski definition) is 1. The average molecular weight is 280 g/mol. The summed E-state index contributed by atoms with van der Waals surface area (Å²) in [6.45, 7) is 0. The topological polar surface area (TPSA) is 49.8 Å². The molecule has 20 heavy (non-hydrogen) atoms. The third kappa shape index (κ3) is 2.72. The molecule has 102 valence electrons. The summed E-state index contributed by atoms with van der Waals surface area (Å²) in [7, 11) is 0. The first kappa shape index (κ1) is 13.9. The Kier molecular flexibility index (Phi) is 3.36. The molecule has 0 saturated carbocycles. The summed E-state index contributed by atoms with van der Waals surface area (Å²) in [5.74, 6) is -1.02. The van der Waals surface area contributed by atoms with Crippen LogP contribution in [0.4, 0.5) is 23.2 Å². The molecule has 6 heteroatoms. The molecule has 0 saturated heterocycles. The number of alkyl halides is 3. The van der Waals surface area contributed by atoms with E-state index in [4.69, 9.17) is 11.0 Å². The van der Waals surface area contributed by atoms with E-state index < -0.39 is 17.6 Å². The van der Waals surface area contributed by atoms with Gasteiger partial charge in [0, 0.05) is 5.69 Å². The highest BCUT2D eigenvalue weighted by Crippen LogP contribution is 2.34. The van der Waals surface area contributed by atoms with Gasteiger partial charge in [0.05, 0.1) is 17.2 Å². The van der Waals surface area contributed by atoms with E-state index in [1.54, 1.807) is 0 Å². The number of nitriles is 1. The highest BCUT2D eigenvalue weighted by molar-refractivity contribution is 5.73. The van der Waals surface area contributed by atoms with Crippen LogP contribution in [0.5, 0.6) is 0 Å². The number of halogens is 4. The van der Waals surface area contributed by atoms with E-state index in [1.807, 2.05) is 6.07 Å². The maximum absolute atomic E-state index is 13.4. The SMILES string of the molecule is N#Cc1cc(N)ccc1-c1cc(F)cc(C(F)(F)F)c1.